The molecule has 28 heavy (non-hydrogen) atoms. The van der Waals surface area contributed by atoms with Crippen molar-refractivity contribution < 1.29 is 14.2 Å². The quantitative estimate of drug-likeness (QED) is 0.409. The lowest BCUT2D eigenvalue weighted by atomic mass is 10.2. The minimum Gasteiger partial charge on any atom is -0.494 e. The number of aromatic hydroxyl groups is 1. The second-order valence-electron chi connectivity index (χ2n) is 6.53. The molecule has 0 aliphatic heterocycles. The number of halogens is 1. The summed E-state index contributed by atoms with van der Waals surface area (Å²) in [5, 5.41) is 10.9. The fraction of sp³-hybridized carbons (Fsp3) is 0.318. The molecule has 1 heterocycles. The number of aromatic amines is 1. The maximum atomic E-state index is 14.3. The van der Waals surface area contributed by atoms with Crippen molar-refractivity contribution in [3.8, 4) is 11.6 Å². The van der Waals surface area contributed by atoms with Gasteiger partial charge in [-0.2, -0.15) is 0 Å². The lowest BCUT2D eigenvalue weighted by Crippen LogP contribution is -2.25. The van der Waals surface area contributed by atoms with E-state index in [1.54, 1.807) is 12.1 Å². The SMILES string of the molecule is CCN(CC)CCCOc1ccc(N=Cc2c(O)[nH]c3ccccc23)cc1F. The molecular formula is C22H26FN3O2. The van der Waals surface area contributed by atoms with Gasteiger partial charge >= 0.3 is 0 Å². The molecule has 0 aliphatic rings. The number of aromatic nitrogens is 1. The van der Waals surface area contributed by atoms with Gasteiger partial charge in [-0.25, -0.2) is 4.39 Å². The maximum absolute atomic E-state index is 14.3. The number of aliphatic imine (C=N–C) groups is 1. The van der Waals surface area contributed by atoms with Crippen LogP contribution in [0.3, 0.4) is 0 Å². The first-order chi connectivity index (χ1) is 13.6. The van der Waals surface area contributed by atoms with E-state index in [2.05, 4.69) is 28.7 Å². The van der Waals surface area contributed by atoms with Crippen molar-refractivity contribution in [2.24, 2.45) is 4.99 Å². The zero-order chi connectivity index (χ0) is 19.9. The normalized spacial score (nSPS) is 11.7. The molecule has 0 atom stereocenters. The van der Waals surface area contributed by atoms with Gasteiger partial charge in [-0.05, 0) is 37.7 Å². The summed E-state index contributed by atoms with van der Waals surface area (Å²) in [7, 11) is 0. The molecule has 6 heteroatoms. The molecule has 0 bridgehead atoms. The van der Waals surface area contributed by atoms with Crippen molar-refractivity contribution in [3.63, 3.8) is 0 Å². The van der Waals surface area contributed by atoms with Crippen molar-refractivity contribution in [1.82, 2.24) is 9.88 Å². The third-order valence-electron chi connectivity index (χ3n) is 4.75. The fourth-order valence-electron chi connectivity index (χ4n) is 3.12. The maximum Gasteiger partial charge on any atom is 0.198 e. The second-order valence-corrected chi connectivity index (χ2v) is 6.53. The van der Waals surface area contributed by atoms with Crippen LogP contribution in [0.15, 0.2) is 47.5 Å². The molecule has 0 aliphatic carbocycles. The molecule has 0 spiro atoms. The lowest BCUT2D eigenvalue weighted by molar-refractivity contribution is 0.243. The Kier molecular flexibility index (Phi) is 6.66. The number of ether oxygens (including phenoxy) is 1. The van der Waals surface area contributed by atoms with Crippen LogP contribution >= 0.6 is 0 Å². The van der Waals surface area contributed by atoms with Gasteiger partial charge in [0.2, 0.25) is 0 Å². The zero-order valence-corrected chi connectivity index (χ0v) is 16.3. The average molecular weight is 383 g/mol. The predicted molar refractivity (Wildman–Crippen MR) is 112 cm³/mol. The summed E-state index contributed by atoms with van der Waals surface area (Å²) in [5.41, 5.74) is 1.85. The van der Waals surface area contributed by atoms with Crippen molar-refractivity contribution in [3.05, 3.63) is 53.8 Å². The molecule has 5 nitrogen and oxygen atoms in total. The van der Waals surface area contributed by atoms with Gasteiger partial charge in [0.15, 0.2) is 17.4 Å². The Hall–Kier alpha value is -2.86. The first kappa shape index (κ1) is 19.9. The third-order valence-corrected chi connectivity index (χ3v) is 4.75. The van der Waals surface area contributed by atoms with Gasteiger partial charge in [0.25, 0.3) is 0 Å². The Morgan fingerprint density at radius 1 is 1.18 bits per heavy atom. The molecule has 2 aromatic carbocycles. The standard InChI is InChI=1S/C22H26FN3O2/c1-3-26(4-2)12-7-13-28-21-11-10-16(14-19(21)23)24-15-18-17-8-5-6-9-20(17)25-22(18)27/h5-6,8-11,14-15,25,27H,3-4,7,12-13H2,1-2H3. The van der Waals surface area contributed by atoms with Gasteiger partial charge in [0, 0.05) is 29.7 Å². The Balaban J connectivity index is 1.64. The summed E-state index contributed by atoms with van der Waals surface area (Å²) in [6.45, 7) is 7.66. The van der Waals surface area contributed by atoms with E-state index in [4.69, 9.17) is 4.74 Å². The van der Waals surface area contributed by atoms with Crippen LogP contribution in [0.1, 0.15) is 25.8 Å². The highest BCUT2D eigenvalue weighted by molar-refractivity contribution is 6.02. The van der Waals surface area contributed by atoms with Crippen LogP contribution in [-0.4, -0.2) is 47.4 Å². The highest BCUT2D eigenvalue weighted by Gasteiger charge is 2.09. The van der Waals surface area contributed by atoms with E-state index >= 15 is 0 Å². The minimum atomic E-state index is -0.444. The number of fused-ring (bicyclic) bond motifs is 1. The van der Waals surface area contributed by atoms with Crippen LogP contribution in [0.5, 0.6) is 11.6 Å². The van der Waals surface area contributed by atoms with Crippen LogP contribution < -0.4 is 4.74 Å². The summed E-state index contributed by atoms with van der Waals surface area (Å²) in [5.74, 6) is -0.173. The van der Waals surface area contributed by atoms with Crippen LogP contribution in [0.4, 0.5) is 10.1 Å². The third kappa shape index (κ3) is 4.70. The van der Waals surface area contributed by atoms with Gasteiger partial charge < -0.3 is 19.7 Å². The molecule has 1 aromatic heterocycles. The zero-order valence-electron chi connectivity index (χ0n) is 16.3. The summed E-state index contributed by atoms with van der Waals surface area (Å²) in [4.78, 5) is 9.49. The largest absolute Gasteiger partial charge is 0.494 e. The Morgan fingerprint density at radius 3 is 2.71 bits per heavy atom. The van der Waals surface area contributed by atoms with E-state index < -0.39 is 5.82 Å². The lowest BCUT2D eigenvalue weighted by Gasteiger charge is -2.17. The molecule has 0 unspecified atom stereocenters. The molecule has 148 valence electrons. The van der Waals surface area contributed by atoms with E-state index in [0.29, 0.717) is 17.9 Å². The van der Waals surface area contributed by atoms with Crippen molar-refractivity contribution in [1.29, 1.82) is 0 Å². The van der Waals surface area contributed by atoms with Crippen LogP contribution in [0, 0.1) is 5.82 Å². The number of hydrogen-bond donors (Lipinski definition) is 2. The number of hydrogen-bond acceptors (Lipinski definition) is 4. The summed E-state index contributed by atoms with van der Waals surface area (Å²) in [6.07, 6.45) is 2.38. The molecule has 3 aromatic rings. The molecule has 3 rings (SSSR count). The molecule has 0 amide bonds. The molecule has 2 N–H and O–H groups in total. The monoisotopic (exact) mass is 383 g/mol. The summed E-state index contributed by atoms with van der Waals surface area (Å²) < 4.78 is 19.9. The number of nitrogens with zero attached hydrogens (tertiary/aromatic N) is 2. The van der Waals surface area contributed by atoms with E-state index in [0.717, 1.165) is 37.0 Å². The number of benzene rings is 2. The molecule has 0 fully saturated rings. The predicted octanol–water partition coefficient (Wildman–Crippen LogP) is 4.87. The fourth-order valence-corrected chi connectivity index (χ4v) is 3.12. The minimum absolute atomic E-state index is 0.0403. The van der Waals surface area contributed by atoms with Crippen LogP contribution in [0.2, 0.25) is 0 Å². The van der Waals surface area contributed by atoms with E-state index in [-0.39, 0.29) is 11.6 Å². The van der Waals surface area contributed by atoms with Gasteiger partial charge in [-0.1, -0.05) is 32.0 Å². The van der Waals surface area contributed by atoms with Crippen molar-refractivity contribution >= 4 is 22.8 Å². The van der Waals surface area contributed by atoms with Gasteiger partial charge in [0.05, 0.1) is 17.9 Å². The Bertz CT molecular complexity index is 948. The van der Waals surface area contributed by atoms with Crippen molar-refractivity contribution in [2.75, 3.05) is 26.2 Å². The highest BCUT2D eigenvalue weighted by atomic mass is 19.1. The molecular weight excluding hydrogens is 357 g/mol. The van der Waals surface area contributed by atoms with Crippen LogP contribution in [-0.2, 0) is 0 Å². The first-order valence-electron chi connectivity index (χ1n) is 9.60. The van der Waals surface area contributed by atoms with E-state index in [9.17, 15) is 9.50 Å². The summed E-state index contributed by atoms with van der Waals surface area (Å²) in [6, 6.07) is 12.2. The van der Waals surface area contributed by atoms with E-state index in [1.807, 2.05) is 24.3 Å². The van der Waals surface area contributed by atoms with Gasteiger partial charge in [0.1, 0.15) is 0 Å². The smallest absolute Gasteiger partial charge is 0.198 e. The number of para-hydroxylation sites is 1. The van der Waals surface area contributed by atoms with Gasteiger partial charge in [-0.3, -0.25) is 4.99 Å². The number of H-pyrrole nitrogens is 1. The number of nitrogens with one attached hydrogen (secondary N) is 1. The molecule has 0 saturated carbocycles. The average Bonchev–Trinajstić information content (AvgIpc) is 3.02. The van der Waals surface area contributed by atoms with Crippen LogP contribution in [0.25, 0.3) is 10.9 Å². The van der Waals surface area contributed by atoms with E-state index in [1.165, 1.54) is 12.3 Å². The van der Waals surface area contributed by atoms with Crippen molar-refractivity contribution in [2.45, 2.75) is 20.3 Å². The van der Waals surface area contributed by atoms with Gasteiger partial charge in [-0.15, -0.1) is 0 Å². The first-order valence-corrected chi connectivity index (χ1v) is 9.60. The second kappa shape index (κ2) is 9.37. The summed E-state index contributed by atoms with van der Waals surface area (Å²) >= 11 is 0. The molecule has 0 radical (unpaired) electrons. The molecule has 0 saturated heterocycles. The Labute approximate surface area is 164 Å². The highest BCUT2D eigenvalue weighted by Crippen LogP contribution is 2.27. The topological polar surface area (TPSA) is 60.9 Å². The number of rotatable bonds is 9. The Morgan fingerprint density at radius 2 is 1.96 bits per heavy atom.